The maximum Gasteiger partial charge on any atom is 0.145 e. The average molecular weight is 280 g/mol. The number of fused-ring (bicyclic) bond motifs is 1. The molecule has 1 unspecified atom stereocenters. The van der Waals surface area contributed by atoms with Crippen LogP contribution in [0.4, 0.5) is 11.5 Å². The summed E-state index contributed by atoms with van der Waals surface area (Å²) in [7, 11) is 0. The molecule has 0 radical (unpaired) electrons. The summed E-state index contributed by atoms with van der Waals surface area (Å²) in [6, 6.07) is 14.8. The highest BCUT2D eigenvalue weighted by molar-refractivity contribution is 5.75. The molecule has 4 N–H and O–H groups in total. The molecule has 3 aromatic rings. The molecule has 1 heterocycles. The average Bonchev–Trinajstić information content (AvgIpc) is 2.53. The predicted octanol–water partition coefficient (Wildman–Crippen LogP) is 2.36. The Morgan fingerprint density at radius 3 is 2.52 bits per heavy atom. The standard InChI is InChI=1S/C16H16N4O/c17-12-7-5-11(6-8-12)15(21)9-19-16-10-18-13-3-1-2-4-14(13)20-16/h1-8,10,15,21H,9,17H2,(H,19,20). The molecule has 1 aromatic heterocycles. The summed E-state index contributed by atoms with van der Waals surface area (Å²) < 4.78 is 0. The molecule has 0 aliphatic rings. The van der Waals surface area contributed by atoms with E-state index in [0.717, 1.165) is 16.6 Å². The van der Waals surface area contributed by atoms with E-state index in [1.54, 1.807) is 18.3 Å². The fourth-order valence-corrected chi connectivity index (χ4v) is 2.08. The molecule has 0 aliphatic carbocycles. The third-order valence-electron chi connectivity index (χ3n) is 3.25. The van der Waals surface area contributed by atoms with Gasteiger partial charge in [0.25, 0.3) is 0 Å². The summed E-state index contributed by atoms with van der Waals surface area (Å²) in [5.74, 6) is 0.642. The van der Waals surface area contributed by atoms with Gasteiger partial charge in [-0.25, -0.2) is 4.98 Å². The summed E-state index contributed by atoms with van der Waals surface area (Å²) in [5, 5.41) is 13.2. The number of hydrogen-bond donors (Lipinski definition) is 3. The molecular formula is C16H16N4O. The zero-order valence-electron chi connectivity index (χ0n) is 11.4. The molecule has 1 atom stereocenters. The lowest BCUT2D eigenvalue weighted by Gasteiger charge is -2.13. The van der Waals surface area contributed by atoms with Gasteiger partial charge >= 0.3 is 0 Å². The Bertz CT molecular complexity index is 743. The number of aliphatic hydroxyl groups excluding tert-OH is 1. The second-order valence-electron chi connectivity index (χ2n) is 4.81. The molecule has 0 bridgehead atoms. The van der Waals surface area contributed by atoms with Gasteiger partial charge in [-0.15, -0.1) is 0 Å². The lowest BCUT2D eigenvalue weighted by atomic mass is 10.1. The van der Waals surface area contributed by atoms with Crippen molar-refractivity contribution in [3.05, 3.63) is 60.3 Å². The van der Waals surface area contributed by atoms with Crippen molar-refractivity contribution in [2.24, 2.45) is 0 Å². The number of nitrogens with two attached hydrogens (primary N) is 1. The van der Waals surface area contributed by atoms with Crippen molar-refractivity contribution in [2.75, 3.05) is 17.6 Å². The monoisotopic (exact) mass is 280 g/mol. The molecule has 0 saturated carbocycles. The van der Waals surface area contributed by atoms with Gasteiger partial charge in [-0.2, -0.15) is 0 Å². The fraction of sp³-hybridized carbons (Fsp3) is 0.125. The lowest BCUT2D eigenvalue weighted by Crippen LogP contribution is -2.13. The molecule has 0 spiro atoms. The van der Waals surface area contributed by atoms with Gasteiger partial charge in [0.05, 0.1) is 23.3 Å². The van der Waals surface area contributed by atoms with E-state index in [9.17, 15) is 5.11 Å². The van der Waals surface area contributed by atoms with Gasteiger partial charge in [0.2, 0.25) is 0 Å². The molecule has 5 heteroatoms. The molecule has 0 aliphatic heterocycles. The number of hydrogen-bond acceptors (Lipinski definition) is 5. The van der Waals surface area contributed by atoms with Crippen LogP contribution in [0, 0.1) is 0 Å². The Hall–Kier alpha value is -2.66. The number of nitrogen functional groups attached to an aromatic ring is 1. The van der Waals surface area contributed by atoms with E-state index >= 15 is 0 Å². The van der Waals surface area contributed by atoms with Gasteiger partial charge in [-0.05, 0) is 29.8 Å². The zero-order valence-corrected chi connectivity index (χ0v) is 11.4. The topological polar surface area (TPSA) is 84.1 Å². The van der Waals surface area contributed by atoms with Gasteiger partial charge in [0, 0.05) is 12.2 Å². The highest BCUT2D eigenvalue weighted by atomic mass is 16.3. The molecule has 2 aromatic carbocycles. The third kappa shape index (κ3) is 3.09. The summed E-state index contributed by atoms with van der Waals surface area (Å²) in [4.78, 5) is 8.77. The van der Waals surface area contributed by atoms with Crippen LogP contribution >= 0.6 is 0 Å². The molecule has 0 amide bonds. The number of nitrogens with one attached hydrogen (secondary N) is 1. The molecule has 21 heavy (non-hydrogen) atoms. The quantitative estimate of drug-likeness (QED) is 0.639. The van der Waals surface area contributed by atoms with E-state index in [4.69, 9.17) is 5.73 Å². The van der Waals surface area contributed by atoms with E-state index in [2.05, 4.69) is 15.3 Å². The summed E-state index contributed by atoms with van der Waals surface area (Å²) >= 11 is 0. The van der Waals surface area contributed by atoms with Gasteiger partial charge in [0.15, 0.2) is 0 Å². The van der Waals surface area contributed by atoms with Crippen molar-refractivity contribution in [2.45, 2.75) is 6.10 Å². The fourth-order valence-electron chi connectivity index (χ4n) is 2.08. The van der Waals surface area contributed by atoms with Crippen LogP contribution in [0.25, 0.3) is 11.0 Å². The first-order chi connectivity index (χ1) is 10.2. The number of aromatic nitrogens is 2. The number of rotatable bonds is 4. The van der Waals surface area contributed by atoms with Crippen molar-refractivity contribution < 1.29 is 5.11 Å². The Labute approximate surface area is 122 Å². The SMILES string of the molecule is Nc1ccc(C(O)CNc2cnc3ccccc3n2)cc1. The second-order valence-corrected chi connectivity index (χ2v) is 4.81. The van der Waals surface area contributed by atoms with Crippen LogP contribution in [0.1, 0.15) is 11.7 Å². The van der Waals surface area contributed by atoms with E-state index in [0.29, 0.717) is 18.1 Å². The predicted molar refractivity (Wildman–Crippen MR) is 83.8 cm³/mol. The Balaban J connectivity index is 1.69. The van der Waals surface area contributed by atoms with E-state index < -0.39 is 6.10 Å². The van der Waals surface area contributed by atoms with Gasteiger partial charge in [0.1, 0.15) is 5.82 Å². The first-order valence-corrected chi connectivity index (χ1v) is 6.71. The van der Waals surface area contributed by atoms with Crippen molar-refractivity contribution in [1.82, 2.24) is 9.97 Å². The highest BCUT2D eigenvalue weighted by Gasteiger charge is 2.07. The maximum absolute atomic E-state index is 10.1. The molecule has 0 fully saturated rings. The zero-order chi connectivity index (χ0) is 14.7. The first kappa shape index (κ1) is 13.3. The molecule has 5 nitrogen and oxygen atoms in total. The van der Waals surface area contributed by atoms with E-state index in [1.165, 1.54) is 0 Å². The van der Waals surface area contributed by atoms with Crippen LogP contribution in [-0.4, -0.2) is 21.6 Å². The molecule has 106 valence electrons. The third-order valence-corrected chi connectivity index (χ3v) is 3.25. The Kier molecular flexibility index (Phi) is 3.66. The normalized spacial score (nSPS) is 12.2. The van der Waals surface area contributed by atoms with Crippen molar-refractivity contribution in [3.8, 4) is 0 Å². The number of anilines is 2. The Morgan fingerprint density at radius 2 is 1.76 bits per heavy atom. The molecule has 0 saturated heterocycles. The second kappa shape index (κ2) is 5.76. The number of benzene rings is 2. The Morgan fingerprint density at radius 1 is 1.05 bits per heavy atom. The van der Waals surface area contributed by atoms with Gasteiger partial charge in [-0.3, -0.25) is 4.98 Å². The smallest absolute Gasteiger partial charge is 0.145 e. The number of para-hydroxylation sites is 2. The largest absolute Gasteiger partial charge is 0.399 e. The summed E-state index contributed by atoms with van der Waals surface area (Å²) in [6.07, 6.45) is 1.04. The van der Waals surface area contributed by atoms with Crippen LogP contribution < -0.4 is 11.1 Å². The maximum atomic E-state index is 10.1. The molecular weight excluding hydrogens is 264 g/mol. The van der Waals surface area contributed by atoms with Crippen LogP contribution in [0.15, 0.2) is 54.7 Å². The number of aliphatic hydroxyl groups is 1. The van der Waals surface area contributed by atoms with Crippen molar-refractivity contribution >= 4 is 22.5 Å². The summed E-state index contributed by atoms with van der Waals surface area (Å²) in [5.41, 5.74) is 8.79. The van der Waals surface area contributed by atoms with Crippen LogP contribution in [0.5, 0.6) is 0 Å². The summed E-state index contributed by atoms with van der Waals surface area (Å²) in [6.45, 7) is 0.358. The van der Waals surface area contributed by atoms with Crippen LogP contribution in [0.2, 0.25) is 0 Å². The van der Waals surface area contributed by atoms with Gasteiger partial charge in [-0.1, -0.05) is 24.3 Å². The van der Waals surface area contributed by atoms with E-state index in [-0.39, 0.29) is 0 Å². The minimum atomic E-state index is -0.626. The minimum absolute atomic E-state index is 0.358. The molecule has 3 rings (SSSR count). The van der Waals surface area contributed by atoms with E-state index in [1.807, 2.05) is 36.4 Å². The minimum Gasteiger partial charge on any atom is -0.399 e. The highest BCUT2D eigenvalue weighted by Crippen LogP contribution is 2.16. The number of nitrogens with zero attached hydrogens (tertiary/aromatic N) is 2. The first-order valence-electron chi connectivity index (χ1n) is 6.71. The van der Waals surface area contributed by atoms with Crippen LogP contribution in [0.3, 0.4) is 0 Å². The van der Waals surface area contributed by atoms with Crippen LogP contribution in [-0.2, 0) is 0 Å². The lowest BCUT2D eigenvalue weighted by molar-refractivity contribution is 0.191. The van der Waals surface area contributed by atoms with Crippen molar-refractivity contribution in [3.63, 3.8) is 0 Å². The van der Waals surface area contributed by atoms with Gasteiger partial charge < -0.3 is 16.2 Å². The van der Waals surface area contributed by atoms with Crippen molar-refractivity contribution in [1.29, 1.82) is 0 Å².